The minimum absolute atomic E-state index is 0.0725. The highest BCUT2D eigenvalue weighted by molar-refractivity contribution is 5.95. The molecule has 3 aliphatic rings. The second-order valence-corrected chi connectivity index (χ2v) is 10.0. The number of urea groups is 1. The number of hydrogen-bond acceptors (Lipinski definition) is 6. The molecule has 9 nitrogen and oxygen atoms in total. The molecule has 5 rings (SSSR count). The van der Waals surface area contributed by atoms with E-state index in [4.69, 9.17) is 9.72 Å². The summed E-state index contributed by atoms with van der Waals surface area (Å²) in [6, 6.07) is 9.63. The summed E-state index contributed by atoms with van der Waals surface area (Å²) in [5, 5.41) is 12.7. The van der Waals surface area contributed by atoms with E-state index >= 15 is 0 Å². The molecule has 4 heterocycles. The summed E-state index contributed by atoms with van der Waals surface area (Å²) >= 11 is 0. The number of pyridine rings is 1. The van der Waals surface area contributed by atoms with Crippen molar-refractivity contribution in [2.45, 2.75) is 32.8 Å². The predicted octanol–water partition coefficient (Wildman–Crippen LogP) is 2.97. The lowest BCUT2D eigenvalue weighted by Crippen LogP contribution is -2.53. The summed E-state index contributed by atoms with van der Waals surface area (Å²) in [6.45, 7) is 9.06. The van der Waals surface area contributed by atoms with Gasteiger partial charge in [0.15, 0.2) is 0 Å². The highest BCUT2D eigenvalue weighted by Crippen LogP contribution is 2.31. The van der Waals surface area contributed by atoms with Crippen LogP contribution in [0.5, 0.6) is 0 Å². The molecule has 192 valence electrons. The molecule has 0 spiro atoms. The van der Waals surface area contributed by atoms with Gasteiger partial charge in [-0.05, 0) is 60.2 Å². The Bertz CT molecular complexity index is 1130. The van der Waals surface area contributed by atoms with Gasteiger partial charge in [-0.2, -0.15) is 0 Å². The number of benzene rings is 1. The van der Waals surface area contributed by atoms with Gasteiger partial charge in [0.2, 0.25) is 0 Å². The lowest BCUT2D eigenvalue weighted by Gasteiger charge is -2.36. The third kappa shape index (κ3) is 5.17. The van der Waals surface area contributed by atoms with Crippen molar-refractivity contribution in [3.05, 3.63) is 41.6 Å². The minimum atomic E-state index is -0.471. The molecule has 3 aliphatic heterocycles. The summed E-state index contributed by atoms with van der Waals surface area (Å²) in [5.74, 6) is 1.12. The Kier molecular flexibility index (Phi) is 7.11. The Morgan fingerprint density at radius 3 is 2.56 bits per heavy atom. The molecule has 9 heteroatoms. The van der Waals surface area contributed by atoms with Crippen molar-refractivity contribution in [1.82, 2.24) is 14.8 Å². The Labute approximate surface area is 212 Å². The SMILES string of the molecule is CC[C@@H]1CCN(C(=O)Nc2ccc(C)c(-c3cc(C(=O)N4CC(O)C4)nc(N4CCOCC4)c3)c2)C1. The number of ether oxygens (including phenoxy) is 1. The van der Waals surface area contributed by atoms with E-state index in [9.17, 15) is 14.7 Å². The fraction of sp³-hybridized carbons (Fsp3) is 0.519. The quantitative estimate of drug-likeness (QED) is 0.665. The van der Waals surface area contributed by atoms with Crippen LogP contribution in [0.3, 0.4) is 0 Å². The van der Waals surface area contributed by atoms with Crippen molar-refractivity contribution in [1.29, 1.82) is 0 Å². The van der Waals surface area contributed by atoms with Gasteiger partial charge in [-0.3, -0.25) is 4.79 Å². The number of hydrogen-bond donors (Lipinski definition) is 2. The number of amides is 3. The van der Waals surface area contributed by atoms with E-state index in [1.807, 2.05) is 42.2 Å². The zero-order valence-corrected chi connectivity index (χ0v) is 21.1. The average molecular weight is 494 g/mol. The number of morpholine rings is 1. The Balaban J connectivity index is 1.44. The minimum Gasteiger partial charge on any atom is -0.389 e. The monoisotopic (exact) mass is 493 g/mol. The first-order chi connectivity index (χ1) is 17.4. The number of aryl methyl sites for hydroxylation is 1. The number of aliphatic hydroxyl groups excluding tert-OH is 1. The van der Waals surface area contributed by atoms with Crippen LogP contribution in [0, 0.1) is 12.8 Å². The molecule has 0 aliphatic carbocycles. The first-order valence-corrected chi connectivity index (χ1v) is 12.9. The Morgan fingerprint density at radius 1 is 1.08 bits per heavy atom. The molecule has 3 amide bonds. The molecule has 36 heavy (non-hydrogen) atoms. The molecule has 1 aromatic heterocycles. The van der Waals surface area contributed by atoms with Crippen LogP contribution in [0.2, 0.25) is 0 Å². The topological polar surface area (TPSA) is 98.2 Å². The van der Waals surface area contributed by atoms with Crippen LogP contribution in [0.15, 0.2) is 30.3 Å². The lowest BCUT2D eigenvalue weighted by molar-refractivity contribution is 0.00551. The van der Waals surface area contributed by atoms with Crippen LogP contribution in [0.1, 0.15) is 35.8 Å². The van der Waals surface area contributed by atoms with Gasteiger partial charge in [0.1, 0.15) is 11.5 Å². The van der Waals surface area contributed by atoms with Crippen molar-refractivity contribution in [2.24, 2.45) is 5.92 Å². The molecular formula is C27H35N5O4. The average Bonchev–Trinajstić information content (AvgIpc) is 3.37. The highest BCUT2D eigenvalue weighted by Gasteiger charge is 2.31. The van der Waals surface area contributed by atoms with E-state index in [0.717, 1.165) is 54.1 Å². The summed E-state index contributed by atoms with van der Waals surface area (Å²) < 4.78 is 5.50. The number of nitrogens with one attached hydrogen (secondary N) is 1. The molecule has 0 bridgehead atoms. The molecule has 1 aromatic carbocycles. The molecule has 2 N–H and O–H groups in total. The van der Waals surface area contributed by atoms with Crippen LogP contribution in [0.25, 0.3) is 11.1 Å². The largest absolute Gasteiger partial charge is 0.389 e. The Morgan fingerprint density at radius 2 is 1.86 bits per heavy atom. The van der Waals surface area contributed by atoms with Gasteiger partial charge < -0.3 is 29.9 Å². The van der Waals surface area contributed by atoms with Gasteiger partial charge >= 0.3 is 6.03 Å². The maximum atomic E-state index is 13.1. The van der Waals surface area contributed by atoms with Gasteiger partial charge in [-0.25, -0.2) is 9.78 Å². The molecule has 3 saturated heterocycles. The number of likely N-dealkylation sites (tertiary alicyclic amines) is 2. The van der Waals surface area contributed by atoms with Gasteiger partial charge in [0, 0.05) is 45.0 Å². The number of anilines is 2. The van der Waals surface area contributed by atoms with Crippen molar-refractivity contribution < 1.29 is 19.4 Å². The van der Waals surface area contributed by atoms with Crippen molar-refractivity contribution in [3.8, 4) is 11.1 Å². The summed E-state index contributed by atoms with van der Waals surface area (Å²) in [5.41, 5.74) is 3.94. The third-order valence-electron chi connectivity index (χ3n) is 7.47. The van der Waals surface area contributed by atoms with Crippen LogP contribution in [-0.2, 0) is 4.74 Å². The molecule has 2 aromatic rings. The van der Waals surface area contributed by atoms with E-state index in [-0.39, 0.29) is 11.9 Å². The number of β-amino-alcohol motifs (C(OH)–C–C–N with tert-alkyl or cyclic N) is 1. The highest BCUT2D eigenvalue weighted by atomic mass is 16.5. The molecular weight excluding hydrogens is 458 g/mol. The van der Waals surface area contributed by atoms with E-state index in [1.54, 1.807) is 4.90 Å². The van der Waals surface area contributed by atoms with Gasteiger partial charge in [-0.15, -0.1) is 0 Å². The second kappa shape index (κ2) is 10.4. The van der Waals surface area contributed by atoms with Crippen LogP contribution >= 0.6 is 0 Å². The van der Waals surface area contributed by atoms with Gasteiger partial charge in [0.05, 0.1) is 19.3 Å². The first kappa shape index (κ1) is 24.5. The lowest BCUT2D eigenvalue weighted by atomic mass is 9.99. The van der Waals surface area contributed by atoms with Crippen LogP contribution < -0.4 is 10.2 Å². The van der Waals surface area contributed by atoms with Crippen molar-refractivity contribution in [3.63, 3.8) is 0 Å². The number of aliphatic hydroxyl groups is 1. The molecule has 0 radical (unpaired) electrons. The smallest absolute Gasteiger partial charge is 0.321 e. The predicted molar refractivity (Wildman–Crippen MR) is 138 cm³/mol. The summed E-state index contributed by atoms with van der Waals surface area (Å²) in [7, 11) is 0. The molecule has 0 saturated carbocycles. The fourth-order valence-electron chi connectivity index (χ4n) is 5.08. The third-order valence-corrected chi connectivity index (χ3v) is 7.47. The standard InChI is InChI=1S/C27H35N5O4/c1-3-19-6-7-31(15-19)27(35)28-21-5-4-18(2)23(14-21)20-12-24(26(34)32-16-22(33)17-32)29-25(13-20)30-8-10-36-11-9-30/h4-5,12-14,19,22,33H,3,6-11,15-17H2,1-2H3,(H,28,35)/t19-/m1/s1. The van der Waals surface area contributed by atoms with Gasteiger partial charge in [0.25, 0.3) is 5.91 Å². The van der Waals surface area contributed by atoms with Crippen molar-refractivity contribution in [2.75, 3.05) is 62.7 Å². The fourth-order valence-corrected chi connectivity index (χ4v) is 5.08. The van der Waals surface area contributed by atoms with E-state index in [1.165, 1.54) is 0 Å². The van der Waals surface area contributed by atoms with Gasteiger partial charge in [-0.1, -0.05) is 19.4 Å². The van der Waals surface area contributed by atoms with E-state index in [0.29, 0.717) is 51.0 Å². The summed E-state index contributed by atoms with van der Waals surface area (Å²) in [6.07, 6.45) is 1.67. The number of rotatable bonds is 5. The zero-order valence-electron chi connectivity index (χ0n) is 21.1. The van der Waals surface area contributed by atoms with Crippen molar-refractivity contribution >= 4 is 23.4 Å². The normalized spacial score (nSPS) is 20.4. The Hall–Kier alpha value is -3.17. The maximum absolute atomic E-state index is 13.1. The van der Waals surface area contributed by atoms with Crippen LogP contribution in [-0.4, -0.2) is 90.4 Å². The molecule has 3 fully saturated rings. The van der Waals surface area contributed by atoms with E-state index in [2.05, 4.69) is 17.1 Å². The number of carbonyl (C=O) groups is 2. The number of nitrogens with zero attached hydrogens (tertiary/aromatic N) is 4. The van der Waals surface area contributed by atoms with E-state index < -0.39 is 6.10 Å². The summed E-state index contributed by atoms with van der Waals surface area (Å²) in [4.78, 5) is 36.3. The molecule has 0 unspecified atom stereocenters. The number of carbonyl (C=O) groups excluding carboxylic acids is 2. The molecule has 1 atom stereocenters. The number of aromatic nitrogens is 1. The zero-order chi connectivity index (χ0) is 25.2. The first-order valence-electron chi connectivity index (χ1n) is 12.9. The second-order valence-electron chi connectivity index (χ2n) is 10.0. The van der Waals surface area contributed by atoms with Crippen LogP contribution in [0.4, 0.5) is 16.3 Å². The maximum Gasteiger partial charge on any atom is 0.321 e.